The number of aromatic nitrogens is 3. The van der Waals surface area contributed by atoms with Crippen LogP contribution in [0.15, 0.2) is 30.6 Å². The lowest BCUT2D eigenvalue weighted by molar-refractivity contribution is 0.276. The second-order valence-electron chi connectivity index (χ2n) is 5.11. The van der Waals surface area contributed by atoms with Crippen molar-refractivity contribution < 1.29 is 5.11 Å². The van der Waals surface area contributed by atoms with Crippen molar-refractivity contribution in [3.8, 4) is 0 Å². The zero-order valence-corrected chi connectivity index (χ0v) is 13.2. The Morgan fingerprint density at radius 3 is 2.73 bits per heavy atom. The van der Waals surface area contributed by atoms with E-state index in [1.54, 1.807) is 0 Å². The molecule has 0 atom stereocenters. The lowest BCUT2D eigenvalue weighted by Gasteiger charge is -2.09. The number of nitrogens with one attached hydrogen (secondary N) is 1. The highest BCUT2D eigenvalue weighted by Crippen LogP contribution is 2.32. The number of aliphatic hydroxyl groups is 1. The van der Waals surface area contributed by atoms with Crippen LogP contribution >= 0.6 is 11.6 Å². The van der Waals surface area contributed by atoms with E-state index in [9.17, 15) is 5.11 Å². The molecule has 0 radical (unpaired) electrons. The van der Waals surface area contributed by atoms with Crippen LogP contribution in [0.4, 0.5) is 11.5 Å². The molecule has 0 aliphatic rings. The van der Waals surface area contributed by atoms with Crippen LogP contribution in [0.3, 0.4) is 0 Å². The molecule has 22 heavy (non-hydrogen) atoms. The van der Waals surface area contributed by atoms with Crippen molar-refractivity contribution in [2.24, 2.45) is 0 Å². The molecular weight excluding hydrogens is 300 g/mol. The van der Waals surface area contributed by atoms with E-state index in [4.69, 9.17) is 11.6 Å². The Hall–Kier alpha value is -2.11. The van der Waals surface area contributed by atoms with Crippen LogP contribution in [0.5, 0.6) is 0 Å². The molecule has 5 nitrogen and oxygen atoms in total. The summed E-state index contributed by atoms with van der Waals surface area (Å²) in [5.41, 5.74) is 3.79. The number of aryl methyl sites for hydroxylation is 1. The summed E-state index contributed by atoms with van der Waals surface area (Å²) < 4.78 is 2.00. The number of hydrogen-bond acceptors (Lipinski definition) is 4. The van der Waals surface area contributed by atoms with Crippen molar-refractivity contribution >= 4 is 34.1 Å². The van der Waals surface area contributed by atoms with Crippen LogP contribution < -0.4 is 5.32 Å². The Kier molecular flexibility index (Phi) is 4.00. The summed E-state index contributed by atoms with van der Waals surface area (Å²) >= 11 is 6.21. The fourth-order valence-electron chi connectivity index (χ4n) is 2.63. The number of para-hydroxylation sites is 1. The first-order valence-electron chi connectivity index (χ1n) is 7.06. The second-order valence-corrected chi connectivity index (χ2v) is 5.52. The molecule has 0 aliphatic carbocycles. The Morgan fingerprint density at radius 1 is 1.23 bits per heavy atom. The van der Waals surface area contributed by atoms with Crippen molar-refractivity contribution in [1.82, 2.24) is 14.5 Å². The van der Waals surface area contributed by atoms with Gasteiger partial charge in [-0.05, 0) is 31.5 Å². The molecule has 1 aromatic carbocycles. The molecule has 0 amide bonds. The summed E-state index contributed by atoms with van der Waals surface area (Å²) in [5.74, 6) is 0.718. The third kappa shape index (κ3) is 2.42. The van der Waals surface area contributed by atoms with E-state index in [0.29, 0.717) is 11.6 Å². The standard InChI is InChI=1S/C16H17ClN4O/c1-10-11(2)21(7-8-22)16-14(10)15(18-9-19-16)20-13-6-4-3-5-12(13)17/h3-6,9,22H,7-8H2,1-2H3,(H,18,19,20). The van der Waals surface area contributed by atoms with Gasteiger partial charge in [0.2, 0.25) is 0 Å². The highest BCUT2D eigenvalue weighted by molar-refractivity contribution is 6.33. The third-order valence-corrected chi connectivity index (χ3v) is 4.19. The number of hydrogen-bond donors (Lipinski definition) is 2. The molecule has 0 saturated carbocycles. The summed E-state index contributed by atoms with van der Waals surface area (Å²) in [6.07, 6.45) is 1.52. The SMILES string of the molecule is Cc1c(C)n(CCO)c2ncnc(Nc3ccccc3Cl)c12. The Bertz CT molecular complexity index is 828. The molecule has 0 spiro atoms. The zero-order valence-electron chi connectivity index (χ0n) is 12.5. The number of anilines is 2. The predicted molar refractivity (Wildman–Crippen MR) is 88.8 cm³/mol. The third-order valence-electron chi connectivity index (χ3n) is 3.86. The molecule has 2 heterocycles. The van der Waals surface area contributed by atoms with Crippen molar-refractivity contribution in [3.63, 3.8) is 0 Å². The van der Waals surface area contributed by atoms with E-state index < -0.39 is 0 Å². The van der Waals surface area contributed by atoms with Gasteiger partial charge < -0.3 is 15.0 Å². The molecule has 0 aliphatic heterocycles. The Labute approximate surface area is 133 Å². The average Bonchev–Trinajstić information content (AvgIpc) is 2.76. The van der Waals surface area contributed by atoms with Gasteiger partial charge in [0, 0.05) is 12.2 Å². The van der Waals surface area contributed by atoms with E-state index >= 15 is 0 Å². The van der Waals surface area contributed by atoms with Gasteiger partial charge in [0.15, 0.2) is 0 Å². The normalized spacial score (nSPS) is 11.1. The number of rotatable bonds is 4. The maximum atomic E-state index is 9.26. The molecule has 2 aromatic heterocycles. The van der Waals surface area contributed by atoms with Gasteiger partial charge in [-0.15, -0.1) is 0 Å². The summed E-state index contributed by atoms with van der Waals surface area (Å²) in [7, 11) is 0. The molecule has 0 unspecified atom stereocenters. The van der Waals surface area contributed by atoms with Crippen LogP contribution in [0.25, 0.3) is 11.0 Å². The molecule has 3 aromatic rings. The van der Waals surface area contributed by atoms with Gasteiger partial charge in [-0.2, -0.15) is 0 Å². The summed E-state index contributed by atoms with van der Waals surface area (Å²) in [6.45, 7) is 4.64. The molecule has 0 fully saturated rings. The van der Waals surface area contributed by atoms with Crippen LogP contribution in [-0.2, 0) is 6.54 Å². The van der Waals surface area contributed by atoms with Crippen LogP contribution in [-0.4, -0.2) is 26.2 Å². The fourth-order valence-corrected chi connectivity index (χ4v) is 2.81. The summed E-state index contributed by atoms with van der Waals surface area (Å²) in [4.78, 5) is 8.74. The maximum absolute atomic E-state index is 9.26. The van der Waals surface area contributed by atoms with Crippen LogP contribution in [0.2, 0.25) is 5.02 Å². The van der Waals surface area contributed by atoms with E-state index in [1.807, 2.05) is 42.7 Å². The molecular formula is C16H17ClN4O. The van der Waals surface area contributed by atoms with Crippen molar-refractivity contribution in [2.45, 2.75) is 20.4 Å². The molecule has 0 saturated heterocycles. The van der Waals surface area contributed by atoms with Gasteiger partial charge in [-0.3, -0.25) is 0 Å². The fraction of sp³-hybridized carbons (Fsp3) is 0.250. The highest BCUT2D eigenvalue weighted by Gasteiger charge is 2.16. The Balaban J connectivity index is 2.15. The second kappa shape index (κ2) is 5.94. The minimum absolute atomic E-state index is 0.0708. The largest absolute Gasteiger partial charge is 0.395 e. The van der Waals surface area contributed by atoms with E-state index in [2.05, 4.69) is 15.3 Å². The van der Waals surface area contributed by atoms with Gasteiger partial charge in [0.1, 0.15) is 17.8 Å². The number of halogens is 1. The van der Waals surface area contributed by atoms with Gasteiger partial charge in [0.05, 0.1) is 22.7 Å². The first kappa shape index (κ1) is 14.8. The maximum Gasteiger partial charge on any atom is 0.146 e. The lowest BCUT2D eigenvalue weighted by Crippen LogP contribution is -2.05. The first-order valence-corrected chi connectivity index (χ1v) is 7.44. The monoisotopic (exact) mass is 316 g/mol. The highest BCUT2D eigenvalue weighted by atomic mass is 35.5. The minimum Gasteiger partial charge on any atom is -0.395 e. The molecule has 3 rings (SSSR count). The number of aliphatic hydroxyl groups excluding tert-OH is 1. The van der Waals surface area contributed by atoms with Gasteiger partial charge in [0.25, 0.3) is 0 Å². The predicted octanol–water partition coefficient (Wildman–Crippen LogP) is 3.44. The van der Waals surface area contributed by atoms with Gasteiger partial charge in [-0.1, -0.05) is 23.7 Å². The first-order chi connectivity index (χ1) is 10.6. The molecule has 114 valence electrons. The van der Waals surface area contributed by atoms with E-state index in [-0.39, 0.29) is 6.61 Å². The average molecular weight is 317 g/mol. The quantitative estimate of drug-likeness (QED) is 0.774. The van der Waals surface area contributed by atoms with Crippen molar-refractivity contribution in [2.75, 3.05) is 11.9 Å². The van der Waals surface area contributed by atoms with Crippen LogP contribution in [0, 0.1) is 13.8 Å². The smallest absolute Gasteiger partial charge is 0.146 e. The topological polar surface area (TPSA) is 63.0 Å². The number of benzene rings is 1. The molecule has 0 bridgehead atoms. The van der Waals surface area contributed by atoms with E-state index in [0.717, 1.165) is 33.8 Å². The summed E-state index contributed by atoms with van der Waals surface area (Å²) in [6, 6.07) is 7.54. The lowest BCUT2D eigenvalue weighted by atomic mass is 10.2. The van der Waals surface area contributed by atoms with Crippen molar-refractivity contribution in [1.29, 1.82) is 0 Å². The van der Waals surface area contributed by atoms with Crippen molar-refractivity contribution in [3.05, 3.63) is 46.9 Å². The number of nitrogens with zero attached hydrogens (tertiary/aromatic N) is 3. The Morgan fingerprint density at radius 2 is 2.00 bits per heavy atom. The van der Waals surface area contributed by atoms with Gasteiger partial charge in [-0.25, -0.2) is 9.97 Å². The van der Waals surface area contributed by atoms with Gasteiger partial charge >= 0.3 is 0 Å². The number of fused-ring (bicyclic) bond motifs is 1. The molecule has 6 heteroatoms. The zero-order chi connectivity index (χ0) is 15.7. The van der Waals surface area contributed by atoms with E-state index in [1.165, 1.54) is 6.33 Å². The summed E-state index contributed by atoms with van der Waals surface area (Å²) in [5, 5.41) is 14.1. The molecule has 2 N–H and O–H groups in total. The minimum atomic E-state index is 0.0708. The van der Waals surface area contributed by atoms with Crippen LogP contribution in [0.1, 0.15) is 11.3 Å².